The average molecular weight is 372 g/mol. The van der Waals surface area contributed by atoms with E-state index >= 15 is 0 Å². The second-order valence-electron chi connectivity index (χ2n) is 3.65. The molecule has 0 unspecified atom stereocenters. The van der Waals surface area contributed by atoms with Gasteiger partial charge in [0.1, 0.15) is 0 Å². The Morgan fingerprint density at radius 1 is 0.696 bits per heavy atom. The summed E-state index contributed by atoms with van der Waals surface area (Å²) < 4.78 is 36.6. The molecular weight excluding hydrogens is 336 g/mol. The van der Waals surface area contributed by atoms with E-state index in [0.29, 0.717) is 26.4 Å². The van der Waals surface area contributed by atoms with E-state index in [1.54, 1.807) is 27.0 Å². The first-order valence-corrected chi connectivity index (χ1v) is 10.8. The van der Waals surface area contributed by atoms with Crippen LogP contribution in [-0.2, 0) is 31.0 Å². The van der Waals surface area contributed by atoms with Crippen molar-refractivity contribution in [2.45, 2.75) is 27.7 Å². The lowest BCUT2D eigenvalue weighted by atomic mass is 10.9. The van der Waals surface area contributed by atoms with Gasteiger partial charge < -0.3 is 31.0 Å². The van der Waals surface area contributed by atoms with E-state index < -0.39 is 17.9 Å². The summed E-state index contributed by atoms with van der Waals surface area (Å²) in [7, 11) is -0.595. The summed E-state index contributed by atoms with van der Waals surface area (Å²) in [6.07, 6.45) is 0. The molecule has 0 rings (SSSR count). The minimum atomic E-state index is -2.80. The fourth-order valence-corrected chi connectivity index (χ4v) is 4.37. The van der Waals surface area contributed by atoms with Gasteiger partial charge in [-0.2, -0.15) is 0 Å². The predicted octanol–water partition coefficient (Wildman–Crippen LogP) is 2.61. The third-order valence-electron chi connectivity index (χ3n) is 2.39. The largest absolute Gasteiger partial charge is 0.679 e. The van der Waals surface area contributed by atoms with Gasteiger partial charge in [0.05, 0.1) is 0 Å². The van der Waals surface area contributed by atoms with Crippen LogP contribution in [0.3, 0.4) is 0 Å². The van der Waals surface area contributed by atoms with Crippen molar-refractivity contribution in [2.24, 2.45) is 0 Å². The Balaban J connectivity index is -0.000000354. The third-order valence-corrected chi connectivity index (χ3v) is 7.16. The molecule has 0 bridgehead atoms. The monoisotopic (exact) mass is 371 g/mol. The summed E-state index contributed by atoms with van der Waals surface area (Å²) >= 11 is 0. The highest BCUT2D eigenvalue weighted by atomic mass is 28.4. The summed E-state index contributed by atoms with van der Waals surface area (Å²) in [5, 5.41) is 0. The molecule has 23 heavy (non-hydrogen) atoms. The fourth-order valence-electron chi connectivity index (χ4n) is 1.46. The van der Waals surface area contributed by atoms with E-state index in [2.05, 4.69) is 6.58 Å². The molecule has 141 valence electrons. The molecule has 0 aliphatic carbocycles. The summed E-state index contributed by atoms with van der Waals surface area (Å²) in [5.74, 6) is 0. The van der Waals surface area contributed by atoms with Gasteiger partial charge in [-0.3, -0.25) is 0 Å². The molecule has 0 aromatic carbocycles. The van der Waals surface area contributed by atoms with Crippen molar-refractivity contribution in [1.82, 2.24) is 0 Å². The SMILES string of the molecule is C=C[Si](OC)(OC)OC.CCO[Si](OCC)(OCC)OCC.[CH3]. The highest BCUT2D eigenvalue weighted by Crippen LogP contribution is 2.11. The maximum absolute atomic E-state index is 5.42. The van der Waals surface area contributed by atoms with Gasteiger partial charge in [-0.15, -0.1) is 0 Å². The minimum absolute atomic E-state index is 0. The molecule has 0 fully saturated rings. The van der Waals surface area contributed by atoms with Crippen molar-refractivity contribution in [3.8, 4) is 0 Å². The molecule has 7 nitrogen and oxygen atoms in total. The van der Waals surface area contributed by atoms with Gasteiger partial charge >= 0.3 is 17.9 Å². The summed E-state index contributed by atoms with van der Waals surface area (Å²) in [4.78, 5) is 0. The molecule has 0 aliphatic rings. The first kappa shape index (κ1) is 27.7. The van der Waals surface area contributed by atoms with Crippen LogP contribution >= 0.6 is 0 Å². The highest BCUT2D eigenvalue weighted by molar-refractivity contribution is 6.66. The lowest BCUT2D eigenvalue weighted by Gasteiger charge is -2.26. The number of hydrogen-bond donors (Lipinski definition) is 0. The van der Waals surface area contributed by atoms with Gasteiger partial charge in [-0.05, 0) is 33.4 Å². The van der Waals surface area contributed by atoms with Crippen molar-refractivity contribution in [3.05, 3.63) is 19.7 Å². The molecule has 0 N–H and O–H groups in total. The second-order valence-corrected chi connectivity index (χ2v) is 8.65. The Morgan fingerprint density at radius 2 is 0.957 bits per heavy atom. The first-order chi connectivity index (χ1) is 10.5. The molecule has 0 heterocycles. The number of hydrogen-bond acceptors (Lipinski definition) is 7. The topological polar surface area (TPSA) is 64.6 Å². The van der Waals surface area contributed by atoms with Crippen molar-refractivity contribution in [2.75, 3.05) is 47.8 Å². The second kappa shape index (κ2) is 16.7. The Bertz CT molecular complexity index is 226. The van der Waals surface area contributed by atoms with Crippen molar-refractivity contribution in [1.29, 1.82) is 0 Å². The Hall–Kier alpha value is -0.106. The summed E-state index contributed by atoms with van der Waals surface area (Å²) in [5.41, 5.74) is 1.58. The van der Waals surface area contributed by atoms with Crippen LogP contribution in [0.1, 0.15) is 27.7 Å². The first-order valence-electron chi connectivity index (χ1n) is 7.33. The van der Waals surface area contributed by atoms with E-state index in [1.165, 1.54) is 0 Å². The standard InChI is InChI=1S/C8H20O4Si.C5H12O3Si.CH3/c1-5-9-13(10-6-2,11-7-3)12-8-4;1-5-9(6-2,7-3)8-4;/h5-8H2,1-4H3;5H,1H2,2-4H3;1H3. The minimum Gasteiger partial charge on any atom is -0.374 e. The highest BCUT2D eigenvalue weighted by Gasteiger charge is 2.44. The average Bonchev–Trinajstić information content (AvgIpc) is 2.52. The third kappa shape index (κ3) is 11.1. The van der Waals surface area contributed by atoms with Crippen LogP contribution in [0, 0.1) is 7.43 Å². The zero-order chi connectivity index (χ0) is 17.5. The van der Waals surface area contributed by atoms with Crippen LogP contribution < -0.4 is 0 Å². The normalized spacial score (nSPS) is 11.3. The molecule has 0 spiro atoms. The Labute approximate surface area is 144 Å². The van der Waals surface area contributed by atoms with E-state index in [1.807, 2.05) is 27.7 Å². The maximum Gasteiger partial charge on any atom is 0.679 e. The zero-order valence-corrected chi connectivity index (χ0v) is 18.0. The molecule has 9 heteroatoms. The lowest BCUT2D eigenvalue weighted by Crippen LogP contribution is -2.49. The Kier molecular flexibility index (Phi) is 20.2. The Morgan fingerprint density at radius 3 is 1.04 bits per heavy atom. The van der Waals surface area contributed by atoms with Crippen LogP contribution in [0.15, 0.2) is 12.3 Å². The van der Waals surface area contributed by atoms with Crippen LogP contribution in [0.2, 0.25) is 0 Å². The van der Waals surface area contributed by atoms with E-state index in [-0.39, 0.29) is 7.43 Å². The lowest BCUT2D eigenvalue weighted by molar-refractivity contribution is -0.0247. The van der Waals surface area contributed by atoms with Gasteiger partial charge in [0.15, 0.2) is 0 Å². The molecular formula is C14H35O7Si2. The van der Waals surface area contributed by atoms with E-state index in [0.717, 1.165) is 0 Å². The molecule has 0 aliphatic heterocycles. The van der Waals surface area contributed by atoms with Crippen LogP contribution in [0.5, 0.6) is 0 Å². The van der Waals surface area contributed by atoms with Crippen LogP contribution in [0.25, 0.3) is 0 Å². The summed E-state index contributed by atoms with van der Waals surface area (Å²) in [6, 6.07) is 0. The number of rotatable bonds is 12. The molecule has 1 radical (unpaired) electrons. The summed E-state index contributed by atoms with van der Waals surface area (Å²) in [6.45, 7) is 13.3. The molecule has 0 atom stereocenters. The van der Waals surface area contributed by atoms with Gasteiger partial charge in [-0.1, -0.05) is 14.0 Å². The molecule has 0 aromatic rings. The smallest absolute Gasteiger partial charge is 0.374 e. The molecule has 0 amide bonds. The van der Waals surface area contributed by atoms with Gasteiger partial charge in [0.2, 0.25) is 0 Å². The van der Waals surface area contributed by atoms with Crippen molar-refractivity contribution < 1.29 is 31.0 Å². The van der Waals surface area contributed by atoms with Crippen molar-refractivity contribution in [3.63, 3.8) is 0 Å². The quantitative estimate of drug-likeness (QED) is 0.489. The van der Waals surface area contributed by atoms with E-state index in [9.17, 15) is 0 Å². The van der Waals surface area contributed by atoms with E-state index in [4.69, 9.17) is 31.0 Å². The zero-order valence-electron chi connectivity index (χ0n) is 16.0. The van der Waals surface area contributed by atoms with Crippen LogP contribution in [-0.4, -0.2) is 65.6 Å². The van der Waals surface area contributed by atoms with Gasteiger partial charge in [-0.25, -0.2) is 0 Å². The molecule has 0 saturated carbocycles. The molecule has 0 saturated heterocycles. The van der Waals surface area contributed by atoms with Gasteiger partial charge in [0, 0.05) is 47.8 Å². The molecule has 0 aromatic heterocycles. The predicted molar refractivity (Wildman–Crippen MR) is 95.7 cm³/mol. The maximum atomic E-state index is 5.42. The van der Waals surface area contributed by atoms with Gasteiger partial charge in [0.25, 0.3) is 0 Å². The fraction of sp³-hybridized carbons (Fsp3) is 0.786. The van der Waals surface area contributed by atoms with Crippen molar-refractivity contribution >= 4 is 17.9 Å². The van der Waals surface area contributed by atoms with Crippen LogP contribution in [0.4, 0.5) is 0 Å².